The monoisotopic (exact) mass is 1890 g/mol. The molecule has 566 valence electrons. The molecule has 0 saturated heterocycles. The number of halogens is 6. The van der Waals surface area contributed by atoms with E-state index in [1.54, 1.807) is 0 Å². The van der Waals surface area contributed by atoms with Crippen LogP contribution in [0.5, 0.6) is 0 Å². The van der Waals surface area contributed by atoms with Crippen LogP contribution in [0.15, 0.2) is 0 Å². The van der Waals surface area contributed by atoms with Crippen molar-refractivity contribution in [3.63, 3.8) is 0 Å². The van der Waals surface area contributed by atoms with E-state index in [0.29, 0.717) is 127 Å². The van der Waals surface area contributed by atoms with Crippen LogP contribution in [0.2, 0.25) is 0 Å². The molecule has 10 unspecified atom stereocenters. The molecule has 0 heterocycles. The third-order valence-electron chi connectivity index (χ3n) is 10.9. The maximum atomic E-state index is 2.41. The molecule has 0 radical (unpaired) electrons. The second-order valence-electron chi connectivity index (χ2n) is 15.9. The molecule has 0 nitrogen and oxygen atoms in total. The number of alkyl halides is 12. The zero-order valence-corrected chi connectivity index (χ0v) is 56.7. The molecule has 0 aliphatic rings. The number of hydrogen-bond donors (Lipinski definition) is 0. The standard InChI is InChI=1S/3C9H20I.3C8H18I.25CH4/c3*1-5-8(4)9(6-2)10-7-3;1-5-7(3)8(6-2)9-4;2*1-5-8(7(3)4)9-6-2;;;;;;;;;;;;;;;;;;;;;;;;;/h3*8-9H,5-7H2,1-4H3;3*7-8H,5-6H2,1-4H3;25*1H4/q6*-1;;;;;;;;;;;;;;;;;;;;;;;;;. The molecular weight excluding hydrogens is 1670 g/mol. The molecule has 0 saturated carbocycles. The van der Waals surface area contributed by atoms with Gasteiger partial charge < -0.3 is 0 Å². The Kier molecular flexibility index (Phi) is 404. The van der Waals surface area contributed by atoms with Gasteiger partial charge in [-0.2, -0.15) is 0 Å². The molecule has 6 heteroatoms. The van der Waals surface area contributed by atoms with E-state index in [2.05, 4.69) is 164 Å². The van der Waals surface area contributed by atoms with E-state index in [1.165, 1.54) is 86.3 Å². The van der Waals surface area contributed by atoms with Gasteiger partial charge in [-0.15, -0.1) is 0 Å². The van der Waals surface area contributed by atoms with E-state index in [0.717, 1.165) is 59.1 Å². The van der Waals surface area contributed by atoms with Gasteiger partial charge in [0.05, 0.1) is 0 Å². The Balaban J connectivity index is -0.0000000124. The third-order valence-corrected chi connectivity index (χ3v) is 35.6. The third kappa shape index (κ3) is 137. The molecule has 10 atom stereocenters. The van der Waals surface area contributed by atoms with E-state index < -0.39 is 0 Å². The van der Waals surface area contributed by atoms with Crippen LogP contribution in [0.3, 0.4) is 0 Å². The van der Waals surface area contributed by atoms with Gasteiger partial charge >= 0.3 is 437 Å². The fraction of sp³-hybridized carbons (Fsp3) is 1.00. The van der Waals surface area contributed by atoms with Crippen molar-refractivity contribution < 1.29 is 127 Å². The number of hydrogen-bond acceptors (Lipinski definition) is 0. The SMILES string of the molecule is C.C.C.C.C.C.C.C.C.C.C.C.C.C.C.C.C.C.C.C.C.C.C.C.C.CCC(C)C(CC)[I-]C.CC[I-]C(CC)C(C)C.CC[I-]C(CC)C(C)C.CC[I-]C(CC)C(C)CC.CC[I-]C(CC)C(C)CC.CC[I-]C(CC)C(C)CC. The van der Waals surface area contributed by atoms with Crippen molar-refractivity contribution in [2.24, 2.45) is 35.5 Å². The Labute approximate surface area is 615 Å². The van der Waals surface area contributed by atoms with E-state index in [4.69, 9.17) is 0 Å². The van der Waals surface area contributed by atoms with Crippen molar-refractivity contribution in [3.8, 4) is 0 Å². The van der Waals surface area contributed by atoms with Crippen LogP contribution < -0.4 is 127 Å². The molecule has 0 spiro atoms. The van der Waals surface area contributed by atoms with Gasteiger partial charge in [0.2, 0.25) is 0 Å². The van der Waals surface area contributed by atoms with Crippen LogP contribution >= 0.6 is 0 Å². The van der Waals surface area contributed by atoms with Crippen molar-refractivity contribution in [2.45, 2.75) is 433 Å². The predicted octanol–water partition coefficient (Wildman–Crippen LogP) is 14.3. The van der Waals surface area contributed by atoms with Gasteiger partial charge in [0.1, 0.15) is 0 Å². The summed E-state index contributed by atoms with van der Waals surface area (Å²) >= 11 is 3.08. The normalized spacial score (nSPS) is 11.5. The summed E-state index contributed by atoms with van der Waals surface area (Å²) in [5.41, 5.74) is 0. The van der Waals surface area contributed by atoms with E-state index in [-0.39, 0.29) is 186 Å². The molecule has 0 N–H and O–H groups in total. The molecule has 0 bridgehead atoms. The summed E-state index contributed by atoms with van der Waals surface area (Å²) < 4.78 is 13.8. The summed E-state index contributed by atoms with van der Waals surface area (Å²) in [5.74, 6) is 5.80. The molecule has 0 aromatic carbocycles. The Bertz CT molecular complexity index is 618. The second kappa shape index (κ2) is 161. The van der Waals surface area contributed by atoms with E-state index in [9.17, 15) is 0 Å². The summed E-state index contributed by atoms with van der Waals surface area (Å²) in [6, 6.07) is 0. The fourth-order valence-corrected chi connectivity index (χ4v) is 23.8. The first kappa shape index (κ1) is 205. The van der Waals surface area contributed by atoms with Crippen molar-refractivity contribution in [2.75, 3.05) is 27.1 Å². The van der Waals surface area contributed by atoms with Gasteiger partial charge in [0.25, 0.3) is 0 Å². The van der Waals surface area contributed by atoms with Crippen LogP contribution in [-0.4, -0.2) is 50.6 Å². The Morgan fingerprint density at radius 2 is 0.305 bits per heavy atom. The van der Waals surface area contributed by atoms with Crippen molar-refractivity contribution in [1.82, 2.24) is 0 Å². The Morgan fingerprint density at radius 3 is 0.366 bits per heavy atom. The Morgan fingerprint density at radius 1 is 0.183 bits per heavy atom. The molecule has 82 heavy (non-hydrogen) atoms. The average molecular weight is 1890 g/mol. The van der Waals surface area contributed by atoms with Crippen LogP contribution in [-0.2, 0) is 0 Å². The van der Waals surface area contributed by atoms with Gasteiger partial charge in [-0.05, 0) is 0 Å². The van der Waals surface area contributed by atoms with Gasteiger partial charge in [0.15, 0.2) is 0 Å². The molecular formula is C76H214I6-6. The van der Waals surface area contributed by atoms with E-state index in [1.807, 2.05) is 0 Å². The first-order chi connectivity index (χ1) is 27.0. The number of rotatable bonds is 27. The fourth-order valence-electron chi connectivity index (χ4n) is 6.29. The van der Waals surface area contributed by atoms with Crippen LogP contribution in [0.25, 0.3) is 0 Å². The van der Waals surface area contributed by atoms with E-state index >= 15 is 0 Å². The summed E-state index contributed by atoms with van der Waals surface area (Å²) in [7, 11) is 0. The minimum absolute atomic E-state index is 0. The first-order valence-electron chi connectivity index (χ1n) is 24.3. The minimum atomic E-state index is 0. The molecule has 0 fully saturated rings. The zero-order valence-electron chi connectivity index (χ0n) is 43.8. The molecule has 0 rings (SSSR count). The molecule has 0 aromatic rings. The van der Waals surface area contributed by atoms with Crippen molar-refractivity contribution in [3.05, 3.63) is 0 Å². The maximum absolute atomic E-state index is 2.41. The van der Waals surface area contributed by atoms with Gasteiger partial charge in [-0.3, -0.25) is 0 Å². The molecule has 0 aliphatic heterocycles. The molecule has 0 aliphatic carbocycles. The van der Waals surface area contributed by atoms with Crippen LogP contribution in [0.4, 0.5) is 0 Å². The zero-order chi connectivity index (χ0) is 45.8. The molecule has 0 aromatic heterocycles. The van der Waals surface area contributed by atoms with Gasteiger partial charge in [0, 0.05) is 0 Å². The van der Waals surface area contributed by atoms with Crippen molar-refractivity contribution in [1.29, 1.82) is 0 Å². The van der Waals surface area contributed by atoms with Crippen LogP contribution in [0, 0.1) is 35.5 Å². The summed E-state index contributed by atoms with van der Waals surface area (Å²) in [6.45, 7) is 53.9. The Hall–Kier alpha value is 4.38. The van der Waals surface area contributed by atoms with Gasteiger partial charge in [-0.1, -0.05) is 186 Å². The summed E-state index contributed by atoms with van der Waals surface area (Å²) in [4.78, 5) is 2.40. The topological polar surface area (TPSA) is 0 Å². The quantitative estimate of drug-likeness (QED) is 0.0568. The second-order valence-corrected chi connectivity index (χ2v) is 38.8. The summed E-state index contributed by atoms with van der Waals surface area (Å²) in [5, 5.41) is 0. The van der Waals surface area contributed by atoms with Gasteiger partial charge in [-0.25, -0.2) is 0 Å². The average Bonchev–Trinajstić information content (AvgIpc) is 3.22. The molecule has 0 amide bonds. The van der Waals surface area contributed by atoms with Crippen molar-refractivity contribution >= 4 is 0 Å². The van der Waals surface area contributed by atoms with Crippen LogP contribution in [0.1, 0.15) is 409 Å². The first-order valence-corrected chi connectivity index (χ1v) is 41.6. The summed E-state index contributed by atoms with van der Waals surface area (Å²) in [6.07, 6.45) is 13.9. The predicted molar refractivity (Wildman–Crippen MR) is 419 cm³/mol.